The van der Waals surface area contributed by atoms with Crippen molar-refractivity contribution in [2.75, 3.05) is 7.05 Å². The molecular formula is C18H30N2O. The lowest BCUT2D eigenvalue weighted by atomic mass is 9.90. The molecule has 118 valence electrons. The van der Waals surface area contributed by atoms with Crippen molar-refractivity contribution >= 4 is 0 Å². The van der Waals surface area contributed by atoms with Gasteiger partial charge >= 0.3 is 0 Å². The Morgan fingerprint density at radius 2 is 2.19 bits per heavy atom. The quantitative estimate of drug-likeness (QED) is 0.831. The van der Waals surface area contributed by atoms with Crippen LogP contribution in [0.4, 0.5) is 0 Å². The molecular weight excluding hydrogens is 260 g/mol. The predicted molar refractivity (Wildman–Crippen MR) is 88.7 cm³/mol. The molecule has 0 aromatic carbocycles. The van der Waals surface area contributed by atoms with Gasteiger partial charge in [0.05, 0.1) is 0 Å². The lowest BCUT2D eigenvalue weighted by Crippen LogP contribution is -2.32. The molecule has 0 radical (unpaired) electrons. The Bertz CT molecular complexity index is 506. The fourth-order valence-electron chi connectivity index (χ4n) is 3.54. The molecule has 2 atom stereocenters. The number of hydrogen-bond donors (Lipinski definition) is 1. The molecule has 0 fully saturated rings. The normalized spacial score (nSPS) is 19.3. The van der Waals surface area contributed by atoms with Crippen molar-refractivity contribution in [2.45, 2.75) is 71.4 Å². The van der Waals surface area contributed by atoms with Gasteiger partial charge in [0.1, 0.15) is 0 Å². The van der Waals surface area contributed by atoms with Gasteiger partial charge in [-0.2, -0.15) is 0 Å². The van der Waals surface area contributed by atoms with E-state index < -0.39 is 0 Å². The van der Waals surface area contributed by atoms with Crippen molar-refractivity contribution in [2.24, 2.45) is 5.92 Å². The predicted octanol–water partition coefficient (Wildman–Crippen LogP) is 3.66. The number of hydrogen-bond acceptors (Lipinski definition) is 2. The van der Waals surface area contributed by atoms with Crippen LogP contribution in [0, 0.1) is 5.92 Å². The summed E-state index contributed by atoms with van der Waals surface area (Å²) in [6, 6.07) is 4.22. The highest BCUT2D eigenvalue weighted by Crippen LogP contribution is 2.29. The average molecular weight is 290 g/mol. The van der Waals surface area contributed by atoms with Crippen molar-refractivity contribution in [1.29, 1.82) is 0 Å². The summed E-state index contributed by atoms with van der Waals surface area (Å²) in [4.78, 5) is 12.4. The minimum absolute atomic E-state index is 0.181. The van der Waals surface area contributed by atoms with Crippen molar-refractivity contribution in [1.82, 2.24) is 9.88 Å². The van der Waals surface area contributed by atoms with Crippen LogP contribution in [0.3, 0.4) is 0 Å². The fraction of sp³-hybridized carbons (Fsp3) is 0.722. The van der Waals surface area contributed by atoms with E-state index >= 15 is 0 Å². The highest BCUT2D eigenvalue weighted by atomic mass is 16.1. The molecule has 1 heterocycles. The first-order chi connectivity index (χ1) is 10.2. The van der Waals surface area contributed by atoms with E-state index in [4.69, 9.17) is 0 Å². The number of nitrogens with zero attached hydrogens (tertiary/aromatic N) is 1. The summed E-state index contributed by atoms with van der Waals surface area (Å²) in [7, 11) is 2.02. The third-order valence-corrected chi connectivity index (χ3v) is 4.94. The number of pyridine rings is 1. The Morgan fingerprint density at radius 1 is 1.38 bits per heavy atom. The monoisotopic (exact) mass is 290 g/mol. The second-order valence-electron chi connectivity index (χ2n) is 6.33. The number of fused-ring (bicyclic) bond motifs is 1. The maximum atomic E-state index is 12.4. The second-order valence-corrected chi connectivity index (χ2v) is 6.33. The Balaban J connectivity index is 2.28. The lowest BCUT2D eigenvalue weighted by Gasteiger charge is -2.29. The maximum absolute atomic E-state index is 12.4. The molecule has 2 rings (SSSR count). The van der Waals surface area contributed by atoms with Crippen molar-refractivity contribution in [3.05, 3.63) is 33.7 Å². The van der Waals surface area contributed by atoms with Crippen LogP contribution in [0.15, 0.2) is 16.9 Å². The molecule has 1 aliphatic carbocycles. The van der Waals surface area contributed by atoms with Crippen LogP contribution in [0.2, 0.25) is 0 Å². The van der Waals surface area contributed by atoms with Gasteiger partial charge in [0.25, 0.3) is 5.56 Å². The third kappa shape index (κ3) is 3.76. The number of nitrogens with one attached hydrogen (secondary N) is 1. The van der Waals surface area contributed by atoms with Gasteiger partial charge in [-0.25, -0.2) is 0 Å². The van der Waals surface area contributed by atoms with E-state index in [2.05, 4.69) is 23.7 Å². The molecule has 0 saturated heterocycles. The topological polar surface area (TPSA) is 34.0 Å². The van der Waals surface area contributed by atoms with Gasteiger partial charge in [0, 0.05) is 24.3 Å². The average Bonchev–Trinajstić information content (AvgIpc) is 2.52. The number of rotatable bonds is 7. The van der Waals surface area contributed by atoms with Crippen LogP contribution in [0.1, 0.15) is 69.7 Å². The Morgan fingerprint density at radius 3 is 2.86 bits per heavy atom. The second kappa shape index (κ2) is 7.79. The molecule has 0 saturated carbocycles. The van der Waals surface area contributed by atoms with Gasteiger partial charge in [-0.1, -0.05) is 39.2 Å². The van der Waals surface area contributed by atoms with Crippen LogP contribution in [0.5, 0.6) is 0 Å². The van der Waals surface area contributed by atoms with Gasteiger partial charge in [-0.05, 0) is 44.2 Å². The molecule has 1 aromatic rings. The van der Waals surface area contributed by atoms with E-state index in [0.717, 1.165) is 19.4 Å². The summed E-state index contributed by atoms with van der Waals surface area (Å²) < 4.78 is 2.07. The van der Waals surface area contributed by atoms with Crippen LogP contribution in [0.25, 0.3) is 0 Å². The van der Waals surface area contributed by atoms with E-state index in [1.807, 2.05) is 13.1 Å². The summed E-state index contributed by atoms with van der Waals surface area (Å²) in [5, 5.41) is 3.39. The molecule has 0 aliphatic heterocycles. The van der Waals surface area contributed by atoms with Crippen LogP contribution >= 0.6 is 0 Å². The van der Waals surface area contributed by atoms with E-state index in [0.29, 0.717) is 12.0 Å². The minimum Gasteiger partial charge on any atom is -0.313 e. The SMILES string of the molecule is CCCCC(CC)Cn1c2c(ccc1=O)C(NC)CCC2. The van der Waals surface area contributed by atoms with Gasteiger partial charge in [-0.3, -0.25) is 4.79 Å². The van der Waals surface area contributed by atoms with E-state index in [9.17, 15) is 4.79 Å². The zero-order valence-corrected chi connectivity index (χ0v) is 13.8. The van der Waals surface area contributed by atoms with Gasteiger partial charge < -0.3 is 9.88 Å². The van der Waals surface area contributed by atoms with E-state index in [1.165, 1.54) is 43.4 Å². The van der Waals surface area contributed by atoms with Crippen molar-refractivity contribution in [3.63, 3.8) is 0 Å². The molecule has 21 heavy (non-hydrogen) atoms. The first-order valence-corrected chi connectivity index (χ1v) is 8.61. The van der Waals surface area contributed by atoms with Crippen molar-refractivity contribution in [3.8, 4) is 0 Å². The first kappa shape index (κ1) is 16.3. The van der Waals surface area contributed by atoms with Gasteiger partial charge in [0.2, 0.25) is 0 Å². The fourth-order valence-corrected chi connectivity index (χ4v) is 3.54. The number of aromatic nitrogens is 1. The largest absolute Gasteiger partial charge is 0.313 e. The lowest BCUT2D eigenvalue weighted by molar-refractivity contribution is 0.369. The minimum atomic E-state index is 0.181. The molecule has 1 aromatic heterocycles. The number of unbranched alkanes of at least 4 members (excludes halogenated alkanes) is 1. The summed E-state index contributed by atoms with van der Waals surface area (Å²) >= 11 is 0. The zero-order chi connectivity index (χ0) is 15.2. The molecule has 3 heteroatoms. The van der Waals surface area contributed by atoms with Gasteiger partial charge in [-0.15, -0.1) is 0 Å². The first-order valence-electron chi connectivity index (χ1n) is 8.61. The van der Waals surface area contributed by atoms with Crippen LogP contribution in [-0.2, 0) is 13.0 Å². The highest BCUT2D eigenvalue weighted by Gasteiger charge is 2.22. The summed E-state index contributed by atoms with van der Waals surface area (Å²) in [6.07, 6.45) is 8.29. The Labute approximate surface area is 128 Å². The van der Waals surface area contributed by atoms with E-state index in [1.54, 1.807) is 6.07 Å². The van der Waals surface area contributed by atoms with Crippen molar-refractivity contribution < 1.29 is 0 Å². The molecule has 1 aliphatic rings. The maximum Gasteiger partial charge on any atom is 0.250 e. The smallest absolute Gasteiger partial charge is 0.250 e. The standard InChI is InChI=1S/C18H30N2O/c1-4-6-8-14(5-2)13-20-17-10-7-9-16(19-3)15(17)11-12-18(20)21/h11-12,14,16,19H,4-10,13H2,1-3H3. The summed E-state index contributed by atoms with van der Waals surface area (Å²) in [6.45, 7) is 5.38. The highest BCUT2D eigenvalue weighted by molar-refractivity contribution is 5.27. The van der Waals surface area contributed by atoms with Crippen LogP contribution in [-0.4, -0.2) is 11.6 Å². The Hall–Kier alpha value is -1.09. The third-order valence-electron chi connectivity index (χ3n) is 4.94. The molecule has 3 nitrogen and oxygen atoms in total. The molecule has 0 amide bonds. The molecule has 0 spiro atoms. The summed E-state index contributed by atoms with van der Waals surface area (Å²) in [5.41, 5.74) is 2.80. The zero-order valence-electron chi connectivity index (χ0n) is 13.8. The summed E-state index contributed by atoms with van der Waals surface area (Å²) in [5.74, 6) is 0.629. The molecule has 0 bridgehead atoms. The molecule has 1 N–H and O–H groups in total. The molecule has 2 unspecified atom stereocenters. The van der Waals surface area contributed by atoms with Gasteiger partial charge in [0.15, 0.2) is 0 Å². The Kier molecular flexibility index (Phi) is 6.04. The van der Waals surface area contributed by atoms with Crippen LogP contribution < -0.4 is 10.9 Å². The van der Waals surface area contributed by atoms with E-state index in [-0.39, 0.29) is 5.56 Å².